The van der Waals surface area contributed by atoms with E-state index in [4.69, 9.17) is 4.98 Å². The molecular formula is C20H25N3O2. The number of rotatable bonds is 6. The Hall–Kier alpha value is -2.43. The fourth-order valence-corrected chi connectivity index (χ4v) is 3.62. The highest BCUT2D eigenvalue weighted by Gasteiger charge is 2.35. The SMILES string of the molecule is CCCCn1c(C(CC)CC)nc2c1C(=O)c1ccccc1/C2=N\O. The molecule has 5 heteroatoms. The minimum absolute atomic E-state index is 0.0289. The van der Waals surface area contributed by atoms with E-state index in [9.17, 15) is 10.0 Å². The van der Waals surface area contributed by atoms with Gasteiger partial charge in [0.05, 0.1) is 0 Å². The van der Waals surface area contributed by atoms with Crippen molar-refractivity contribution in [2.24, 2.45) is 5.16 Å². The van der Waals surface area contributed by atoms with Gasteiger partial charge in [0.1, 0.15) is 22.9 Å². The number of ketones is 1. The van der Waals surface area contributed by atoms with E-state index in [1.54, 1.807) is 6.07 Å². The van der Waals surface area contributed by atoms with Crippen molar-refractivity contribution in [1.82, 2.24) is 9.55 Å². The average Bonchev–Trinajstić information content (AvgIpc) is 3.01. The maximum absolute atomic E-state index is 13.2. The highest BCUT2D eigenvalue weighted by Crippen LogP contribution is 2.32. The quantitative estimate of drug-likeness (QED) is 0.536. The first-order valence-electron chi connectivity index (χ1n) is 9.14. The summed E-state index contributed by atoms with van der Waals surface area (Å²) in [7, 11) is 0. The summed E-state index contributed by atoms with van der Waals surface area (Å²) in [5.41, 5.74) is 2.72. The Bertz CT molecular complexity index is 816. The molecule has 0 atom stereocenters. The minimum atomic E-state index is -0.0289. The molecule has 0 saturated heterocycles. The molecule has 1 heterocycles. The molecule has 0 fully saturated rings. The van der Waals surface area contributed by atoms with Crippen LogP contribution < -0.4 is 0 Å². The number of hydrogen-bond acceptors (Lipinski definition) is 4. The minimum Gasteiger partial charge on any atom is -0.410 e. The van der Waals surface area contributed by atoms with Crippen LogP contribution in [0, 0.1) is 0 Å². The van der Waals surface area contributed by atoms with Crippen molar-refractivity contribution in [2.75, 3.05) is 0 Å². The molecule has 0 unspecified atom stereocenters. The maximum Gasteiger partial charge on any atom is 0.212 e. The summed E-state index contributed by atoms with van der Waals surface area (Å²) in [6, 6.07) is 7.29. The number of aromatic nitrogens is 2. The average molecular weight is 339 g/mol. The van der Waals surface area contributed by atoms with E-state index in [2.05, 4.69) is 30.5 Å². The van der Waals surface area contributed by atoms with Crippen LogP contribution in [-0.4, -0.2) is 26.3 Å². The second-order valence-corrected chi connectivity index (χ2v) is 6.51. The smallest absolute Gasteiger partial charge is 0.212 e. The number of imidazole rings is 1. The fraction of sp³-hybridized carbons (Fsp3) is 0.450. The van der Waals surface area contributed by atoms with Crippen molar-refractivity contribution in [2.45, 2.75) is 58.9 Å². The molecule has 1 aromatic heterocycles. The second-order valence-electron chi connectivity index (χ2n) is 6.51. The van der Waals surface area contributed by atoms with E-state index in [1.165, 1.54) is 0 Å². The molecule has 3 rings (SSSR count). The van der Waals surface area contributed by atoms with Crippen LogP contribution in [0.4, 0.5) is 0 Å². The highest BCUT2D eigenvalue weighted by atomic mass is 16.4. The molecule has 1 aliphatic rings. The molecule has 5 nitrogen and oxygen atoms in total. The van der Waals surface area contributed by atoms with Crippen molar-refractivity contribution < 1.29 is 10.0 Å². The molecule has 0 saturated carbocycles. The summed E-state index contributed by atoms with van der Waals surface area (Å²) in [5, 5.41) is 13.1. The monoisotopic (exact) mass is 339 g/mol. The molecule has 1 aromatic carbocycles. The predicted octanol–water partition coefficient (Wildman–Crippen LogP) is 4.36. The van der Waals surface area contributed by atoms with Crippen LogP contribution in [0.3, 0.4) is 0 Å². The third-order valence-electron chi connectivity index (χ3n) is 5.05. The summed E-state index contributed by atoms with van der Waals surface area (Å²) >= 11 is 0. The summed E-state index contributed by atoms with van der Waals surface area (Å²) in [6.45, 7) is 7.18. The van der Waals surface area contributed by atoms with E-state index in [0.29, 0.717) is 34.1 Å². The number of carbonyl (C=O) groups excluding carboxylic acids is 1. The van der Waals surface area contributed by atoms with Crippen LogP contribution in [0.1, 0.15) is 85.5 Å². The number of fused-ring (bicyclic) bond motifs is 2. The van der Waals surface area contributed by atoms with Crippen molar-refractivity contribution in [1.29, 1.82) is 0 Å². The van der Waals surface area contributed by atoms with Crippen molar-refractivity contribution in [3.63, 3.8) is 0 Å². The Balaban J connectivity index is 2.25. The van der Waals surface area contributed by atoms with Gasteiger partial charge in [0, 0.05) is 23.6 Å². The second kappa shape index (κ2) is 7.21. The van der Waals surface area contributed by atoms with Gasteiger partial charge in [-0.3, -0.25) is 4.79 Å². The van der Waals surface area contributed by atoms with E-state index >= 15 is 0 Å². The zero-order valence-electron chi connectivity index (χ0n) is 15.1. The highest BCUT2D eigenvalue weighted by molar-refractivity contribution is 6.28. The van der Waals surface area contributed by atoms with Gasteiger partial charge < -0.3 is 9.77 Å². The number of carbonyl (C=O) groups is 1. The molecule has 0 radical (unpaired) electrons. The van der Waals surface area contributed by atoms with Crippen LogP contribution in [0.5, 0.6) is 0 Å². The van der Waals surface area contributed by atoms with Gasteiger partial charge in [0.25, 0.3) is 0 Å². The van der Waals surface area contributed by atoms with Crippen LogP contribution in [0.2, 0.25) is 0 Å². The first kappa shape index (κ1) is 17.4. The zero-order chi connectivity index (χ0) is 18.0. The molecule has 2 aromatic rings. The lowest BCUT2D eigenvalue weighted by atomic mass is 9.89. The Labute approximate surface area is 148 Å². The van der Waals surface area contributed by atoms with Crippen molar-refractivity contribution in [3.05, 3.63) is 52.6 Å². The van der Waals surface area contributed by atoms with E-state index in [0.717, 1.165) is 38.1 Å². The van der Waals surface area contributed by atoms with Crippen LogP contribution in [0.15, 0.2) is 29.4 Å². The first-order chi connectivity index (χ1) is 12.2. The molecule has 1 aliphatic carbocycles. The lowest BCUT2D eigenvalue weighted by Gasteiger charge is -2.19. The normalized spacial score (nSPS) is 14.9. The van der Waals surface area contributed by atoms with E-state index in [1.807, 2.05) is 18.2 Å². The molecule has 0 bridgehead atoms. The fourth-order valence-electron chi connectivity index (χ4n) is 3.62. The third kappa shape index (κ3) is 2.77. The maximum atomic E-state index is 13.2. The van der Waals surface area contributed by atoms with Gasteiger partial charge in [0.15, 0.2) is 0 Å². The van der Waals surface area contributed by atoms with Gasteiger partial charge in [-0.15, -0.1) is 0 Å². The third-order valence-corrected chi connectivity index (χ3v) is 5.05. The van der Waals surface area contributed by atoms with Crippen molar-refractivity contribution in [3.8, 4) is 0 Å². The van der Waals surface area contributed by atoms with Gasteiger partial charge in [0.2, 0.25) is 5.78 Å². The summed E-state index contributed by atoms with van der Waals surface area (Å²) in [4.78, 5) is 18.0. The largest absolute Gasteiger partial charge is 0.410 e. The number of hydrogen-bond donors (Lipinski definition) is 1. The van der Waals surface area contributed by atoms with Gasteiger partial charge in [-0.05, 0) is 19.3 Å². The summed E-state index contributed by atoms with van der Waals surface area (Å²) in [5.74, 6) is 1.20. The van der Waals surface area contributed by atoms with Crippen LogP contribution >= 0.6 is 0 Å². The molecule has 132 valence electrons. The standard InChI is InChI=1S/C20H25N3O2/c1-4-7-12-23-18-17(21-20(23)13(5-2)6-3)16(22-25)14-10-8-9-11-15(14)19(18)24/h8-11,13,25H,4-7,12H2,1-3H3/b22-16+. The summed E-state index contributed by atoms with van der Waals surface area (Å²) in [6.07, 6.45) is 3.95. The summed E-state index contributed by atoms with van der Waals surface area (Å²) < 4.78 is 2.07. The Morgan fingerprint density at radius 1 is 1.16 bits per heavy atom. The van der Waals surface area contributed by atoms with Gasteiger partial charge >= 0.3 is 0 Å². The molecular weight excluding hydrogens is 314 g/mol. The van der Waals surface area contributed by atoms with E-state index in [-0.39, 0.29) is 5.78 Å². The Kier molecular flexibility index (Phi) is 5.02. The number of benzene rings is 1. The lowest BCUT2D eigenvalue weighted by molar-refractivity contribution is 0.102. The number of unbranched alkanes of at least 4 members (excludes halogenated alkanes) is 1. The van der Waals surface area contributed by atoms with Gasteiger partial charge in [-0.1, -0.05) is 56.6 Å². The molecule has 0 aliphatic heterocycles. The van der Waals surface area contributed by atoms with Crippen LogP contribution in [0.25, 0.3) is 0 Å². The topological polar surface area (TPSA) is 67.5 Å². The first-order valence-corrected chi connectivity index (χ1v) is 9.14. The molecule has 0 amide bonds. The number of oxime groups is 1. The van der Waals surface area contributed by atoms with E-state index < -0.39 is 0 Å². The Morgan fingerprint density at radius 2 is 1.84 bits per heavy atom. The molecule has 25 heavy (non-hydrogen) atoms. The molecule has 0 spiro atoms. The Morgan fingerprint density at radius 3 is 2.44 bits per heavy atom. The number of nitrogens with zero attached hydrogens (tertiary/aromatic N) is 3. The van der Waals surface area contributed by atoms with Crippen LogP contribution in [-0.2, 0) is 6.54 Å². The van der Waals surface area contributed by atoms with Gasteiger partial charge in [-0.2, -0.15) is 0 Å². The van der Waals surface area contributed by atoms with Gasteiger partial charge in [-0.25, -0.2) is 4.98 Å². The van der Waals surface area contributed by atoms with Crippen molar-refractivity contribution >= 4 is 11.5 Å². The molecule has 1 N–H and O–H groups in total. The predicted molar refractivity (Wildman–Crippen MR) is 97.8 cm³/mol. The lowest BCUT2D eigenvalue weighted by Crippen LogP contribution is -2.24. The zero-order valence-corrected chi connectivity index (χ0v) is 15.1.